The molecule has 0 saturated carbocycles. The summed E-state index contributed by atoms with van der Waals surface area (Å²) in [5.41, 5.74) is 8.67. The number of hydrogen-bond acceptors (Lipinski definition) is 5. The van der Waals surface area contributed by atoms with Crippen LogP contribution in [0.2, 0.25) is 0 Å². The highest BCUT2D eigenvalue weighted by Gasteiger charge is 2.30. The van der Waals surface area contributed by atoms with Crippen molar-refractivity contribution in [2.75, 3.05) is 13.7 Å². The Hall–Kier alpha value is -4.78. The molecule has 7 nitrogen and oxygen atoms in total. The Labute approximate surface area is 245 Å². The number of alkyl carbamates (subject to hydrolysis) is 1. The van der Waals surface area contributed by atoms with Crippen molar-refractivity contribution in [2.45, 2.75) is 44.2 Å². The standard InChI is InChI=1S/C35H33NO6/c1-40-33-16-13-22(17-25(33)20-41-26-15-14-23-7-6-8-24(23)19-26)18-32(34(37)38)36-35(39)42-21-31-29-11-4-2-9-27(29)28-10-3-5-12-30(28)31/h2-5,9-17,19,31-32H,6-8,18,20-21H2,1H3,(H,36,39)(H,37,38). The minimum atomic E-state index is -1.17. The second-order valence-electron chi connectivity index (χ2n) is 10.8. The maximum absolute atomic E-state index is 12.8. The average Bonchev–Trinajstić information content (AvgIpc) is 3.61. The topological polar surface area (TPSA) is 94.1 Å². The van der Waals surface area contributed by atoms with Gasteiger partial charge in [-0.1, -0.05) is 60.7 Å². The van der Waals surface area contributed by atoms with Crippen LogP contribution in [0.1, 0.15) is 45.7 Å². The van der Waals surface area contributed by atoms with E-state index in [1.54, 1.807) is 19.2 Å². The summed E-state index contributed by atoms with van der Waals surface area (Å²) in [5.74, 6) is 0.191. The maximum Gasteiger partial charge on any atom is 0.407 e. The molecule has 0 radical (unpaired) electrons. The molecule has 1 unspecified atom stereocenters. The molecule has 214 valence electrons. The van der Waals surface area contributed by atoms with Crippen molar-refractivity contribution in [3.05, 3.63) is 118 Å². The molecular formula is C35H33NO6. The van der Waals surface area contributed by atoms with Gasteiger partial charge in [-0.25, -0.2) is 9.59 Å². The summed E-state index contributed by atoms with van der Waals surface area (Å²) in [7, 11) is 1.59. The molecule has 0 aliphatic heterocycles. The zero-order valence-corrected chi connectivity index (χ0v) is 23.5. The lowest BCUT2D eigenvalue weighted by molar-refractivity contribution is -0.139. The molecule has 2 aliphatic carbocycles. The third kappa shape index (κ3) is 5.68. The van der Waals surface area contributed by atoms with E-state index < -0.39 is 18.1 Å². The van der Waals surface area contributed by atoms with Crippen LogP contribution in [0.25, 0.3) is 11.1 Å². The fraction of sp³-hybridized carbons (Fsp3) is 0.257. The molecule has 0 spiro atoms. The van der Waals surface area contributed by atoms with Crippen molar-refractivity contribution in [1.82, 2.24) is 5.32 Å². The summed E-state index contributed by atoms with van der Waals surface area (Å²) in [6, 6.07) is 26.6. The Balaban J connectivity index is 1.10. The van der Waals surface area contributed by atoms with E-state index in [9.17, 15) is 14.7 Å². The van der Waals surface area contributed by atoms with E-state index in [1.165, 1.54) is 17.5 Å². The number of ether oxygens (including phenoxy) is 3. The van der Waals surface area contributed by atoms with Gasteiger partial charge in [0.1, 0.15) is 30.8 Å². The molecule has 1 amide bonds. The number of aryl methyl sites for hydroxylation is 2. The van der Waals surface area contributed by atoms with Gasteiger partial charge < -0.3 is 24.6 Å². The third-order valence-corrected chi connectivity index (χ3v) is 8.18. The van der Waals surface area contributed by atoms with E-state index in [4.69, 9.17) is 14.2 Å². The number of carbonyl (C=O) groups excluding carboxylic acids is 1. The SMILES string of the molecule is COc1ccc(CC(NC(=O)OCC2c3ccccc3-c3ccccc32)C(=O)O)cc1COc1ccc2c(c1)CCC2. The largest absolute Gasteiger partial charge is 0.496 e. The normalized spacial score (nSPS) is 13.9. The highest BCUT2D eigenvalue weighted by molar-refractivity contribution is 5.81. The van der Waals surface area contributed by atoms with Crippen molar-refractivity contribution in [3.63, 3.8) is 0 Å². The van der Waals surface area contributed by atoms with Gasteiger partial charge in [0.15, 0.2) is 0 Å². The van der Waals surface area contributed by atoms with Crippen molar-refractivity contribution < 1.29 is 28.9 Å². The van der Waals surface area contributed by atoms with Gasteiger partial charge in [-0.2, -0.15) is 0 Å². The van der Waals surface area contributed by atoms with Gasteiger partial charge in [0.2, 0.25) is 0 Å². The molecule has 0 aromatic heterocycles. The summed E-state index contributed by atoms with van der Waals surface area (Å²) in [6.07, 6.45) is 2.66. The Bertz CT molecular complexity index is 1580. The number of benzene rings is 4. The van der Waals surface area contributed by atoms with E-state index in [0.29, 0.717) is 5.75 Å². The van der Waals surface area contributed by atoms with Gasteiger partial charge in [0.25, 0.3) is 0 Å². The minimum absolute atomic E-state index is 0.0787. The Morgan fingerprint density at radius 1 is 0.905 bits per heavy atom. The number of amides is 1. The monoisotopic (exact) mass is 563 g/mol. The lowest BCUT2D eigenvalue weighted by Gasteiger charge is -2.18. The van der Waals surface area contributed by atoms with E-state index in [0.717, 1.165) is 52.0 Å². The molecule has 7 heteroatoms. The number of fused-ring (bicyclic) bond motifs is 4. The molecule has 0 saturated heterocycles. The smallest absolute Gasteiger partial charge is 0.407 e. The number of carboxylic acid groups (broad SMARTS) is 1. The summed E-state index contributed by atoms with van der Waals surface area (Å²) < 4.78 is 17.2. The first-order chi connectivity index (χ1) is 20.5. The number of aliphatic carboxylic acids is 1. The van der Waals surface area contributed by atoms with Crippen LogP contribution in [0.15, 0.2) is 84.9 Å². The van der Waals surface area contributed by atoms with Gasteiger partial charge in [-0.15, -0.1) is 0 Å². The van der Waals surface area contributed by atoms with Gasteiger partial charge >= 0.3 is 12.1 Å². The second-order valence-corrected chi connectivity index (χ2v) is 10.8. The molecule has 4 aromatic rings. The number of carbonyl (C=O) groups is 2. The highest BCUT2D eigenvalue weighted by Crippen LogP contribution is 2.44. The van der Waals surface area contributed by atoms with Crippen LogP contribution in [0, 0.1) is 0 Å². The number of carboxylic acids is 1. The first-order valence-corrected chi connectivity index (χ1v) is 14.2. The Morgan fingerprint density at radius 3 is 2.33 bits per heavy atom. The van der Waals surface area contributed by atoms with Gasteiger partial charge in [0, 0.05) is 17.9 Å². The average molecular weight is 564 g/mol. The van der Waals surface area contributed by atoms with Crippen molar-refractivity contribution in [1.29, 1.82) is 0 Å². The minimum Gasteiger partial charge on any atom is -0.496 e. The molecule has 1 atom stereocenters. The number of nitrogens with one attached hydrogen (secondary N) is 1. The zero-order chi connectivity index (χ0) is 29.1. The van der Waals surface area contributed by atoms with E-state index >= 15 is 0 Å². The van der Waals surface area contributed by atoms with Crippen LogP contribution in [0.5, 0.6) is 11.5 Å². The lowest BCUT2D eigenvalue weighted by atomic mass is 9.98. The zero-order valence-electron chi connectivity index (χ0n) is 23.5. The highest BCUT2D eigenvalue weighted by atomic mass is 16.5. The molecule has 4 aromatic carbocycles. The van der Waals surface area contributed by atoms with E-state index in [1.807, 2.05) is 48.5 Å². The molecule has 0 heterocycles. The quantitative estimate of drug-likeness (QED) is 0.235. The Morgan fingerprint density at radius 2 is 1.62 bits per heavy atom. The van der Waals surface area contributed by atoms with Crippen LogP contribution in [0.4, 0.5) is 4.79 Å². The molecular weight excluding hydrogens is 530 g/mol. The third-order valence-electron chi connectivity index (χ3n) is 8.18. The predicted octanol–water partition coefficient (Wildman–Crippen LogP) is 6.30. The van der Waals surface area contributed by atoms with E-state index in [-0.39, 0.29) is 25.6 Å². The van der Waals surface area contributed by atoms with Gasteiger partial charge in [0.05, 0.1) is 7.11 Å². The summed E-state index contributed by atoms with van der Waals surface area (Å²) >= 11 is 0. The van der Waals surface area contributed by atoms with Gasteiger partial charge in [-0.3, -0.25) is 0 Å². The summed E-state index contributed by atoms with van der Waals surface area (Å²) in [6.45, 7) is 0.381. The predicted molar refractivity (Wildman–Crippen MR) is 159 cm³/mol. The van der Waals surface area contributed by atoms with Crippen LogP contribution in [-0.4, -0.2) is 36.9 Å². The van der Waals surface area contributed by atoms with Crippen molar-refractivity contribution in [3.8, 4) is 22.6 Å². The van der Waals surface area contributed by atoms with Crippen molar-refractivity contribution in [2.24, 2.45) is 0 Å². The maximum atomic E-state index is 12.8. The van der Waals surface area contributed by atoms with Crippen LogP contribution in [0.3, 0.4) is 0 Å². The van der Waals surface area contributed by atoms with Crippen LogP contribution >= 0.6 is 0 Å². The molecule has 0 bridgehead atoms. The lowest BCUT2D eigenvalue weighted by Crippen LogP contribution is -2.42. The summed E-state index contributed by atoms with van der Waals surface area (Å²) in [5, 5.41) is 12.4. The fourth-order valence-corrected chi connectivity index (χ4v) is 6.09. The first kappa shape index (κ1) is 27.4. The number of hydrogen-bond donors (Lipinski definition) is 2. The first-order valence-electron chi connectivity index (χ1n) is 14.2. The molecule has 6 rings (SSSR count). The Kier molecular flexibility index (Phi) is 7.82. The molecule has 0 fully saturated rings. The summed E-state index contributed by atoms with van der Waals surface area (Å²) in [4.78, 5) is 24.9. The van der Waals surface area contributed by atoms with Gasteiger partial charge in [-0.05, 0) is 82.5 Å². The van der Waals surface area contributed by atoms with E-state index in [2.05, 4.69) is 29.6 Å². The molecule has 42 heavy (non-hydrogen) atoms. The number of methoxy groups -OCH3 is 1. The number of rotatable bonds is 10. The molecule has 2 aliphatic rings. The fourth-order valence-electron chi connectivity index (χ4n) is 6.09. The molecule has 2 N–H and O–H groups in total. The van der Waals surface area contributed by atoms with Crippen LogP contribution in [-0.2, 0) is 35.4 Å². The van der Waals surface area contributed by atoms with Crippen LogP contribution < -0.4 is 14.8 Å². The second kappa shape index (κ2) is 12.0. The van der Waals surface area contributed by atoms with Crippen molar-refractivity contribution >= 4 is 12.1 Å².